The van der Waals surface area contributed by atoms with Gasteiger partial charge in [0.25, 0.3) is 17.7 Å². The van der Waals surface area contributed by atoms with Crippen LogP contribution >= 0.6 is 0 Å². The van der Waals surface area contributed by atoms with Gasteiger partial charge in [0.1, 0.15) is 5.75 Å². The number of hydrogen-bond acceptors (Lipinski definition) is 5. The molecule has 0 spiro atoms. The fraction of sp³-hybridized carbons (Fsp3) is 0.304. The Hall–Kier alpha value is -3.68. The van der Waals surface area contributed by atoms with Gasteiger partial charge in [-0.2, -0.15) is 0 Å². The number of amides is 4. The van der Waals surface area contributed by atoms with Gasteiger partial charge in [0.2, 0.25) is 5.91 Å². The fourth-order valence-corrected chi connectivity index (χ4v) is 3.72. The zero-order chi connectivity index (χ0) is 22.1. The lowest BCUT2D eigenvalue weighted by Crippen LogP contribution is -2.41. The Morgan fingerprint density at radius 1 is 1.03 bits per heavy atom. The van der Waals surface area contributed by atoms with Crippen LogP contribution in [0.15, 0.2) is 42.5 Å². The smallest absolute Gasteiger partial charge is 0.265 e. The van der Waals surface area contributed by atoms with Gasteiger partial charge in [-0.1, -0.05) is 26.0 Å². The van der Waals surface area contributed by atoms with Crippen molar-refractivity contribution in [3.63, 3.8) is 0 Å². The monoisotopic (exact) mass is 421 g/mol. The number of hydrogen-bond donors (Lipinski definition) is 1. The summed E-state index contributed by atoms with van der Waals surface area (Å²) in [5.74, 6) is -0.383. The Kier molecular flexibility index (Phi) is 5.46. The van der Waals surface area contributed by atoms with Crippen LogP contribution in [0, 0.1) is 5.92 Å². The molecule has 0 aliphatic carbocycles. The number of benzene rings is 2. The minimum absolute atomic E-state index is 0.00823. The van der Waals surface area contributed by atoms with E-state index in [1.165, 1.54) is 0 Å². The van der Waals surface area contributed by atoms with Gasteiger partial charge in [-0.15, -0.1) is 0 Å². The third kappa shape index (κ3) is 4.01. The van der Waals surface area contributed by atoms with Crippen LogP contribution in [-0.2, 0) is 9.59 Å². The molecule has 0 radical (unpaired) electrons. The molecular formula is C23H23N3O5. The van der Waals surface area contributed by atoms with Crippen LogP contribution < -0.4 is 15.0 Å². The predicted molar refractivity (Wildman–Crippen MR) is 114 cm³/mol. The van der Waals surface area contributed by atoms with E-state index in [9.17, 15) is 19.2 Å². The minimum atomic E-state index is -0.387. The third-order valence-electron chi connectivity index (χ3n) is 5.17. The van der Waals surface area contributed by atoms with Crippen LogP contribution in [0.4, 0.5) is 11.4 Å². The molecule has 0 fully saturated rings. The van der Waals surface area contributed by atoms with E-state index in [1.54, 1.807) is 47.4 Å². The number of nitrogens with zero attached hydrogens (tertiary/aromatic N) is 2. The van der Waals surface area contributed by atoms with Gasteiger partial charge in [-0.25, -0.2) is 0 Å². The minimum Gasteiger partial charge on any atom is -0.482 e. The number of nitrogens with one attached hydrogen (secondary N) is 1. The summed E-state index contributed by atoms with van der Waals surface area (Å²) in [5.41, 5.74) is 1.84. The first-order valence-corrected chi connectivity index (χ1v) is 10.2. The molecule has 0 aromatic heterocycles. The second kappa shape index (κ2) is 8.22. The summed E-state index contributed by atoms with van der Waals surface area (Å²) in [4.78, 5) is 52.3. The molecule has 2 aliphatic rings. The van der Waals surface area contributed by atoms with E-state index in [2.05, 4.69) is 5.32 Å². The summed E-state index contributed by atoms with van der Waals surface area (Å²) < 4.78 is 5.49. The highest BCUT2D eigenvalue weighted by Crippen LogP contribution is 2.35. The van der Waals surface area contributed by atoms with Crippen LogP contribution in [-0.4, -0.2) is 48.2 Å². The van der Waals surface area contributed by atoms with Crippen LogP contribution in [0.2, 0.25) is 0 Å². The van der Waals surface area contributed by atoms with E-state index in [4.69, 9.17) is 4.74 Å². The van der Waals surface area contributed by atoms with E-state index in [0.717, 1.165) is 4.90 Å². The van der Waals surface area contributed by atoms with Gasteiger partial charge in [0, 0.05) is 25.2 Å². The Morgan fingerprint density at radius 2 is 1.71 bits per heavy atom. The molecule has 31 heavy (non-hydrogen) atoms. The molecule has 2 heterocycles. The zero-order valence-electron chi connectivity index (χ0n) is 17.4. The zero-order valence-corrected chi connectivity index (χ0v) is 17.4. The summed E-state index contributed by atoms with van der Waals surface area (Å²) in [6, 6.07) is 11.7. The second-order valence-corrected chi connectivity index (χ2v) is 7.98. The molecule has 0 bridgehead atoms. The lowest BCUT2D eigenvalue weighted by atomic mass is 10.1. The molecule has 8 heteroatoms. The Morgan fingerprint density at radius 3 is 2.35 bits per heavy atom. The van der Waals surface area contributed by atoms with Gasteiger partial charge < -0.3 is 15.0 Å². The van der Waals surface area contributed by atoms with E-state index >= 15 is 0 Å². The first-order valence-electron chi connectivity index (χ1n) is 10.2. The summed E-state index contributed by atoms with van der Waals surface area (Å²) in [5, 5.41) is 2.77. The standard InChI is InChI=1S/C23H23N3O5/c1-14(2)12-26-18-11-15(7-8-19(18)31-13-21(26)28)24-20(27)9-10-25-22(29)16-5-3-4-6-17(16)23(25)30/h3-8,11,14H,9-10,12-13H2,1-2H3,(H,24,27). The van der Waals surface area contributed by atoms with Crippen molar-refractivity contribution in [1.82, 2.24) is 4.90 Å². The Labute approximate surface area is 179 Å². The number of ether oxygens (including phenoxy) is 1. The molecular weight excluding hydrogens is 398 g/mol. The molecule has 2 aromatic carbocycles. The lowest BCUT2D eigenvalue weighted by Gasteiger charge is -2.31. The largest absolute Gasteiger partial charge is 0.482 e. The molecule has 0 saturated heterocycles. The van der Waals surface area contributed by atoms with E-state index < -0.39 is 0 Å². The van der Waals surface area contributed by atoms with Gasteiger partial charge in [-0.05, 0) is 36.2 Å². The van der Waals surface area contributed by atoms with Crippen molar-refractivity contribution >= 4 is 35.0 Å². The lowest BCUT2D eigenvalue weighted by molar-refractivity contribution is -0.121. The average Bonchev–Trinajstić information content (AvgIpc) is 2.99. The maximum absolute atomic E-state index is 12.5. The average molecular weight is 421 g/mol. The van der Waals surface area contributed by atoms with E-state index in [1.807, 2.05) is 13.8 Å². The van der Waals surface area contributed by atoms with Crippen LogP contribution in [0.5, 0.6) is 5.75 Å². The number of imide groups is 1. The molecule has 0 unspecified atom stereocenters. The van der Waals surface area contributed by atoms with Gasteiger partial charge in [0.15, 0.2) is 6.61 Å². The van der Waals surface area contributed by atoms with Gasteiger partial charge in [-0.3, -0.25) is 24.1 Å². The maximum atomic E-state index is 12.5. The molecule has 4 rings (SSSR count). The van der Waals surface area contributed by atoms with Crippen molar-refractivity contribution in [1.29, 1.82) is 0 Å². The number of anilines is 2. The summed E-state index contributed by atoms with van der Waals surface area (Å²) >= 11 is 0. The second-order valence-electron chi connectivity index (χ2n) is 7.98. The van der Waals surface area contributed by atoms with E-state index in [0.29, 0.717) is 34.8 Å². The van der Waals surface area contributed by atoms with Crippen LogP contribution in [0.1, 0.15) is 41.0 Å². The number of fused-ring (bicyclic) bond motifs is 2. The molecule has 2 aliphatic heterocycles. The SMILES string of the molecule is CC(C)CN1C(=O)COc2ccc(NC(=O)CCN3C(=O)c4ccccc4C3=O)cc21. The van der Waals surface area contributed by atoms with Crippen LogP contribution in [0.25, 0.3) is 0 Å². The van der Waals surface area contributed by atoms with Crippen molar-refractivity contribution in [3.8, 4) is 5.75 Å². The number of carbonyl (C=O) groups excluding carboxylic acids is 4. The summed E-state index contributed by atoms with van der Waals surface area (Å²) in [6.07, 6.45) is -0.0340. The molecule has 2 aromatic rings. The van der Waals surface area contributed by atoms with Gasteiger partial charge in [0.05, 0.1) is 16.8 Å². The highest BCUT2D eigenvalue weighted by Gasteiger charge is 2.35. The van der Waals surface area contributed by atoms with Crippen molar-refractivity contribution < 1.29 is 23.9 Å². The maximum Gasteiger partial charge on any atom is 0.265 e. The highest BCUT2D eigenvalue weighted by molar-refractivity contribution is 6.21. The molecule has 8 nitrogen and oxygen atoms in total. The third-order valence-corrected chi connectivity index (χ3v) is 5.17. The van der Waals surface area contributed by atoms with Crippen LogP contribution in [0.3, 0.4) is 0 Å². The molecule has 0 atom stereocenters. The first kappa shape index (κ1) is 20.6. The summed E-state index contributed by atoms with van der Waals surface area (Å²) in [7, 11) is 0. The molecule has 4 amide bonds. The first-order chi connectivity index (χ1) is 14.8. The number of carbonyl (C=O) groups is 4. The van der Waals surface area contributed by atoms with Crippen molar-refractivity contribution in [2.24, 2.45) is 5.92 Å². The Bertz CT molecular complexity index is 1040. The fourth-order valence-electron chi connectivity index (χ4n) is 3.72. The van der Waals surface area contributed by atoms with Crippen molar-refractivity contribution in [2.45, 2.75) is 20.3 Å². The molecule has 1 N–H and O–H groups in total. The number of rotatable bonds is 6. The summed E-state index contributed by atoms with van der Waals surface area (Å²) in [6.45, 7) is 4.57. The van der Waals surface area contributed by atoms with Gasteiger partial charge >= 0.3 is 0 Å². The Balaban J connectivity index is 1.42. The topological polar surface area (TPSA) is 96.0 Å². The van der Waals surface area contributed by atoms with E-state index in [-0.39, 0.29) is 49.1 Å². The quantitative estimate of drug-likeness (QED) is 0.724. The molecule has 0 saturated carbocycles. The van der Waals surface area contributed by atoms with Crippen molar-refractivity contribution in [2.75, 3.05) is 29.9 Å². The van der Waals surface area contributed by atoms with Crippen molar-refractivity contribution in [3.05, 3.63) is 53.6 Å². The highest BCUT2D eigenvalue weighted by atomic mass is 16.5. The predicted octanol–water partition coefficient (Wildman–Crippen LogP) is 2.69. The normalized spacial score (nSPS) is 15.1. The molecule has 160 valence electrons.